The quantitative estimate of drug-likeness (QED) is 0.475. The third kappa shape index (κ3) is 10.2. The number of halogens is 1. The monoisotopic (exact) mass is 345 g/mol. The van der Waals surface area contributed by atoms with Crippen LogP contribution in [0.25, 0.3) is 0 Å². The Morgan fingerprint density at radius 3 is 2.17 bits per heavy atom. The van der Waals surface area contributed by atoms with Gasteiger partial charge in [0, 0.05) is 10.6 Å². The van der Waals surface area contributed by atoms with Crippen molar-refractivity contribution in [3.63, 3.8) is 0 Å². The van der Waals surface area contributed by atoms with Crippen LogP contribution in [0.15, 0.2) is 24.3 Å². The van der Waals surface area contributed by atoms with Crippen molar-refractivity contribution in [2.45, 2.75) is 18.9 Å². The number of amides is 1. The summed E-state index contributed by atoms with van der Waals surface area (Å²) in [5.41, 5.74) is 10.7. The number of nitrogens with one attached hydrogen (secondary N) is 1. The third-order valence-electron chi connectivity index (χ3n) is 2.54. The minimum Gasteiger partial charge on any atom is -0.480 e. The van der Waals surface area contributed by atoms with Crippen molar-refractivity contribution in [3.05, 3.63) is 34.9 Å². The van der Waals surface area contributed by atoms with Gasteiger partial charge in [-0.3, -0.25) is 14.4 Å². The molecule has 1 atom stereocenters. The van der Waals surface area contributed by atoms with Gasteiger partial charge in [0.05, 0.1) is 0 Å². The maximum atomic E-state index is 11.2. The van der Waals surface area contributed by atoms with Crippen LogP contribution >= 0.6 is 11.6 Å². The van der Waals surface area contributed by atoms with Gasteiger partial charge in [-0.15, -0.1) is 0 Å². The molecule has 0 radical (unpaired) electrons. The second kappa shape index (κ2) is 11.4. The van der Waals surface area contributed by atoms with Crippen molar-refractivity contribution >= 4 is 29.4 Å². The number of carboxylic acids is 2. The molecule has 0 heterocycles. The van der Waals surface area contributed by atoms with Crippen LogP contribution in [0.5, 0.6) is 0 Å². The van der Waals surface area contributed by atoms with E-state index in [1.54, 1.807) is 12.1 Å². The van der Waals surface area contributed by atoms with Crippen LogP contribution in [0, 0.1) is 0 Å². The minimum atomic E-state index is -1.08. The van der Waals surface area contributed by atoms with Gasteiger partial charge in [0.15, 0.2) is 0 Å². The average Bonchev–Trinajstić information content (AvgIpc) is 2.51. The van der Waals surface area contributed by atoms with Crippen LogP contribution in [-0.2, 0) is 9.59 Å². The lowest BCUT2D eigenvalue weighted by Crippen LogP contribution is -2.30. The molecule has 1 aromatic carbocycles. The number of hydrogen-bond acceptors (Lipinski definition) is 5. The van der Waals surface area contributed by atoms with Gasteiger partial charge in [-0.25, -0.2) is 0 Å². The predicted octanol–water partition coefficient (Wildman–Crippen LogP) is 0.292. The molecular formula is C14H20ClN3O5. The smallest absolute Gasteiger partial charge is 0.322 e. The van der Waals surface area contributed by atoms with E-state index in [1.165, 1.54) is 12.1 Å². The molecule has 1 rings (SSSR count). The molecule has 0 aliphatic heterocycles. The number of nitrogens with two attached hydrogens (primary N) is 2. The number of hydrogen-bond donors (Lipinski definition) is 5. The fourth-order valence-corrected chi connectivity index (χ4v) is 1.45. The third-order valence-corrected chi connectivity index (χ3v) is 2.80. The van der Waals surface area contributed by atoms with Gasteiger partial charge in [0.2, 0.25) is 0 Å². The molecule has 0 aliphatic carbocycles. The van der Waals surface area contributed by atoms with Crippen LogP contribution in [-0.4, -0.2) is 47.2 Å². The van der Waals surface area contributed by atoms with Gasteiger partial charge in [0.1, 0.15) is 12.6 Å². The number of benzene rings is 1. The molecule has 128 valence electrons. The van der Waals surface area contributed by atoms with Gasteiger partial charge in [-0.1, -0.05) is 11.6 Å². The number of carbonyl (C=O) groups is 3. The highest BCUT2D eigenvalue weighted by atomic mass is 35.5. The standard InChI is InChI=1S/C9H8ClNO3.C5H12N2O2/c10-7-3-1-6(2-4-7)9(14)11-5-8(12)13;6-3-1-2-4(7)5(8)9/h1-4H,5H2,(H,11,14)(H,12,13);4H,1-3,6-7H2,(H,8,9)/t;4-/m.0/s1. The number of carboxylic acid groups (broad SMARTS) is 2. The SMILES string of the molecule is NCCC[C@H](N)C(=O)O.O=C(O)CNC(=O)c1ccc(Cl)cc1. The topological polar surface area (TPSA) is 156 Å². The molecule has 8 nitrogen and oxygen atoms in total. The van der Waals surface area contributed by atoms with E-state index >= 15 is 0 Å². The van der Waals surface area contributed by atoms with Gasteiger partial charge in [-0.2, -0.15) is 0 Å². The van der Waals surface area contributed by atoms with E-state index in [2.05, 4.69) is 5.32 Å². The maximum absolute atomic E-state index is 11.2. The Balaban J connectivity index is 0.000000468. The largest absolute Gasteiger partial charge is 0.480 e. The predicted molar refractivity (Wildman–Crippen MR) is 85.3 cm³/mol. The van der Waals surface area contributed by atoms with Crippen molar-refractivity contribution in [3.8, 4) is 0 Å². The van der Waals surface area contributed by atoms with Crippen molar-refractivity contribution < 1.29 is 24.6 Å². The Kier molecular flexibility index (Phi) is 10.3. The zero-order valence-electron chi connectivity index (χ0n) is 12.4. The normalized spacial score (nSPS) is 10.9. The summed E-state index contributed by atoms with van der Waals surface area (Å²) < 4.78 is 0. The first-order chi connectivity index (χ1) is 10.8. The molecule has 0 bridgehead atoms. The van der Waals surface area contributed by atoms with Crippen molar-refractivity contribution in [2.24, 2.45) is 11.5 Å². The molecule has 9 heteroatoms. The Morgan fingerprint density at radius 1 is 1.17 bits per heavy atom. The Bertz CT molecular complexity index is 522. The van der Waals surface area contributed by atoms with Crippen molar-refractivity contribution in [1.29, 1.82) is 0 Å². The number of rotatable bonds is 7. The molecule has 0 fully saturated rings. The number of carbonyl (C=O) groups excluding carboxylic acids is 1. The highest BCUT2D eigenvalue weighted by molar-refractivity contribution is 6.30. The Hall–Kier alpha value is -2.16. The molecule has 7 N–H and O–H groups in total. The van der Waals surface area contributed by atoms with Gasteiger partial charge in [-0.05, 0) is 43.7 Å². The van der Waals surface area contributed by atoms with Crippen LogP contribution in [0.3, 0.4) is 0 Å². The van der Waals surface area contributed by atoms with E-state index in [-0.39, 0.29) is 6.54 Å². The summed E-state index contributed by atoms with van der Waals surface area (Å²) in [6.45, 7) is 0.114. The lowest BCUT2D eigenvalue weighted by molar-refractivity contribution is -0.139. The first-order valence-corrected chi connectivity index (χ1v) is 7.09. The molecule has 1 amide bonds. The number of aliphatic carboxylic acids is 2. The second-order valence-electron chi connectivity index (χ2n) is 4.46. The zero-order chi connectivity index (χ0) is 17.8. The van der Waals surface area contributed by atoms with E-state index in [4.69, 9.17) is 33.3 Å². The summed E-state index contributed by atoms with van der Waals surface area (Å²) in [6.07, 6.45) is 1.14. The molecule has 0 unspecified atom stereocenters. The minimum absolute atomic E-state index is 0.385. The van der Waals surface area contributed by atoms with Gasteiger partial charge in [0.25, 0.3) is 5.91 Å². The van der Waals surface area contributed by atoms with Crippen LogP contribution in [0.4, 0.5) is 0 Å². The van der Waals surface area contributed by atoms with E-state index in [0.29, 0.717) is 30.0 Å². The van der Waals surface area contributed by atoms with E-state index in [0.717, 1.165) is 0 Å². The summed E-state index contributed by atoms with van der Waals surface area (Å²) in [6, 6.07) is 5.45. The molecule has 0 saturated carbocycles. The van der Waals surface area contributed by atoms with E-state index < -0.39 is 23.9 Å². The molecule has 0 spiro atoms. The highest BCUT2D eigenvalue weighted by Gasteiger charge is 2.08. The summed E-state index contributed by atoms with van der Waals surface area (Å²) >= 11 is 5.62. The summed E-state index contributed by atoms with van der Waals surface area (Å²) in [5.74, 6) is -2.46. The fourth-order valence-electron chi connectivity index (χ4n) is 1.32. The van der Waals surface area contributed by atoms with Crippen LogP contribution in [0.2, 0.25) is 5.02 Å². The van der Waals surface area contributed by atoms with Gasteiger partial charge >= 0.3 is 11.9 Å². The fraction of sp³-hybridized carbons (Fsp3) is 0.357. The second-order valence-corrected chi connectivity index (χ2v) is 4.90. The lowest BCUT2D eigenvalue weighted by atomic mass is 10.2. The molecule has 1 aromatic rings. The van der Waals surface area contributed by atoms with Crippen LogP contribution < -0.4 is 16.8 Å². The first-order valence-electron chi connectivity index (χ1n) is 6.72. The van der Waals surface area contributed by atoms with Crippen molar-refractivity contribution in [1.82, 2.24) is 5.32 Å². The molecule has 0 saturated heterocycles. The Morgan fingerprint density at radius 2 is 1.74 bits per heavy atom. The van der Waals surface area contributed by atoms with E-state index in [9.17, 15) is 14.4 Å². The summed E-state index contributed by atoms with van der Waals surface area (Å²) in [4.78, 5) is 31.4. The summed E-state index contributed by atoms with van der Waals surface area (Å²) in [5, 5.41) is 19.3. The maximum Gasteiger partial charge on any atom is 0.322 e. The zero-order valence-corrected chi connectivity index (χ0v) is 13.1. The average molecular weight is 346 g/mol. The lowest BCUT2D eigenvalue weighted by Gasteiger charge is -2.02. The highest BCUT2D eigenvalue weighted by Crippen LogP contribution is 2.09. The molecule has 0 aliphatic rings. The first kappa shape index (κ1) is 20.8. The summed E-state index contributed by atoms with van der Waals surface area (Å²) in [7, 11) is 0. The molecular weight excluding hydrogens is 326 g/mol. The molecule has 23 heavy (non-hydrogen) atoms. The molecule has 0 aromatic heterocycles. The Labute approximate surface area is 138 Å². The van der Waals surface area contributed by atoms with Crippen LogP contribution in [0.1, 0.15) is 23.2 Å². The van der Waals surface area contributed by atoms with E-state index in [1.807, 2.05) is 0 Å². The van der Waals surface area contributed by atoms with Crippen molar-refractivity contribution in [2.75, 3.05) is 13.1 Å². The van der Waals surface area contributed by atoms with Gasteiger partial charge < -0.3 is 27.0 Å².